The monoisotopic (exact) mass is 257 g/mol. The number of nitrogens with two attached hydrogens (primary N) is 1. The number of carbonyl (C=O) groups is 1. The van der Waals surface area contributed by atoms with E-state index in [1.165, 1.54) is 18.4 Å². The van der Waals surface area contributed by atoms with Crippen LogP contribution in [0.4, 0.5) is 5.13 Å². The van der Waals surface area contributed by atoms with Crippen LogP contribution in [0, 0.1) is 0 Å². The predicted octanol–water partition coefficient (Wildman–Crippen LogP) is 0.0991. The van der Waals surface area contributed by atoms with E-state index in [9.17, 15) is 4.79 Å². The molecule has 1 aromatic heterocycles. The van der Waals surface area contributed by atoms with E-state index in [0.717, 1.165) is 4.88 Å². The molecule has 0 amide bonds. The Morgan fingerprint density at radius 1 is 1.82 bits per heavy atom. The van der Waals surface area contributed by atoms with Gasteiger partial charge in [-0.3, -0.25) is 9.69 Å². The summed E-state index contributed by atoms with van der Waals surface area (Å²) in [7, 11) is 1.39. The maximum atomic E-state index is 11.6. The van der Waals surface area contributed by atoms with Gasteiger partial charge in [-0.1, -0.05) is 0 Å². The molecule has 0 bridgehead atoms. The van der Waals surface area contributed by atoms with Gasteiger partial charge in [-0.05, 0) is 0 Å². The van der Waals surface area contributed by atoms with Crippen molar-refractivity contribution in [2.45, 2.75) is 12.6 Å². The van der Waals surface area contributed by atoms with Gasteiger partial charge in [0.15, 0.2) is 5.13 Å². The molecular formula is C10H15N3O3S. The van der Waals surface area contributed by atoms with Crippen LogP contribution < -0.4 is 5.73 Å². The Bertz CT molecular complexity index is 396. The number of methoxy groups -OCH3 is 1. The molecule has 1 atom stereocenters. The van der Waals surface area contributed by atoms with Crippen LogP contribution in [0.3, 0.4) is 0 Å². The van der Waals surface area contributed by atoms with E-state index in [4.69, 9.17) is 15.2 Å². The number of aromatic nitrogens is 1. The first kappa shape index (κ1) is 12.3. The number of morpholine rings is 1. The summed E-state index contributed by atoms with van der Waals surface area (Å²) in [5.41, 5.74) is 5.58. The SMILES string of the molecule is COC(=O)C1COCCN1Cc1cnc(N)s1. The van der Waals surface area contributed by atoms with Gasteiger partial charge in [-0.15, -0.1) is 11.3 Å². The Labute approximate surface area is 103 Å². The Kier molecular flexibility index (Phi) is 3.93. The second-order valence-electron chi connectivity index (χ2n) is 3.75. The zero-order chi connectivity index (χ0) is 12.3. The zero-order valence-electron chi connectivity index (χ0n) is 9.59. The van der Waals surface area contributed by atoms with Gasteiger partial charge in [0.2, 0.25) is 0 Å². The largest absolute Gasteiger partial charge is 0.468 e. The molecule has 7 heteroatoms. The highest BCUT2D eigenvalue weighted by atomic mass is 32.1. The molecule has 2 rings (SSSR count). The fourth-order valence-corrected chi connectivity index (χ4v) is 2.49. The standard InChI is InChI=1S/C10H15N3O3S/c1-15-9(14)8-6-16-3-2-13(8)5-7-4-12-10(11)17-7/h4,8H,2-3,5-6H2,1H3,(H2,11,12). The Balaban J connectivity index is 2.03. The summed E-state index contributed by atoms with van der Waals surface area (Å²) in [6, 6.07) is -0.336. The third-order valence-corrected chi connectivity index (χ3v) is 3.45. The first-order valence-electron chi connectivity index (χ1n) is 5.30. The van der Waals surface area contributed by atoms with E-state index in [2.05, 4.69) is 4.98 Å². The Morgan fingerprint density at radius 2 is 2.65 bits per heavy atom. The van der Waals surface area contributed by atoms with Gasteiger partial charge >= 0.3 is 5.97 Å². The average Bonchev–Trinajstić information content (AvgIpc) is 2.74. The number of nitrogen functional groups attached to an aromatic ring is 1. The molecule has 0 radical (unpaired) electrons. The number of anilines is 1. The molecule has 0 aromatic carbocycles. The highest BCUT2D eigenvalue weighted by Crippen LogP contribution is 2.19. The van der Waals surface area contributed by atoms with Gasteiger partial charge in [-0.25, -0.2) is 4.98 Å². The van der Waals surface area contributed by atoms with Crippen molar-refractivity contribution in [1.82, 2.24) is 9.88 Å². The lowest BCUT2D eigenvalue weighted by Crippen LogP contribution is -2.49. The molecule has 1 unspecified atom stereocenters. The van der Waals surface area contributed by atoms with Crippen LogP contribution in [0.1, 0.15) is 4.88 Å². The molecule has 1 aliphatic heterocycles. The first-order chi connectivity index (χ1) is 8.20. The molecule has 2 N–H and O–H groups in total. The number of carbonyl (C=O) groups excluding carboxylic acids is 1. The Morgan fingerprint density at radius 3 is 3.29 bits per heavy atom. The molecule has 17 heavy (non-hydrogen) atoms. The summed E-state index contributed by atoms with van der Waals surface area (Å²) in [4.78, 5) is 18.7. The van der Waals surface area contributed by atoms with Crippen molar-refractivity contribution in [3.8, 4) is 0 Å². The van der Waals surface area contributed by atoms with E-state index < -0.39 is 0 Å². The van der Waals surface area contributed by atoms with Crippen molar-refractivity contribution < 1.29 is 14.3 Å². The van der Waals surface area contributed by atoms with Crippen molar-refractivity contribution in [2.24, 2.45) is 0 Å². The van der Waals surface area contributed by atoms with Gasteiger partial charge in [-0.2, -0.15) is 0 Å². The highest BCUT2D eigenvalue weighted by molar-refractivity contribution is 7.15. The van der Waals surface area contributed by atoms with E-state index in [-0.39, 0.29) is 12.0 Å². The lowest BCUT2D eigenvalue weighted by atomic mass is 10.2. The third-order valence-electron chi connectivity index (χ3n) is 2.64. The molecule has 0 saturated carbocycles. The van der Waals surface area contributed by atoms with Crippen molar-refractivity contribution in [3.63, 3.8) is 0 Å². The van der Waals surface area contributed by atoms with Crippen LogP contribution in [0.15, 0.2) is 6.20 Å². The summed E-state index contributed by atoms with van der Waals surface area (Å²) >= 11 is 1.43. The van der Waals surface area contributed by atoms with Crippen molar-refractivity contribution in [2.75, 3.05) is 32.6 Å². The van der Waals surface area contributed by atoms with Gasteiger partial charge < -0.3 is 15.2 Å². The van der Waals surface area contributed by atoms with Gasteiger partial charge in [0.1, 0.15) is 6.04 Å². The summed E-state index contributed by atoms with van der Waals surface area (Å²) in [6.45, 7) is 2.36. The van der Waals surface area contributed by atoms with E-state index in [0.29, 0.717) is 31.4 Å². The maximum Gasteiger partial charge on any atom is 0.325 e. The minimum Gasteiger partial charge on any atom is -0.468 e. The lowest BCUT2D eigenvalue weighted by Gasteiger charge is -2.32. The third kappa shape index (κ3) is 2.93. The minimum absolute atomic E-state index is 0.262. The second kappa shape index (κ2) is 5.44. The molecule has 1 aliphatic rings. The highest BCUT2D eigenvalue weighted by Gasteiger charge is 2.30. The van der Waals surface area contributed by atoms with E-state index >= 15 is 0 Å². The molecule has 2 heterocycles. The van der Waals surface area contributed by atoms with Gasteiger partial charge in [0.05, 0.1) is 20.3 Å². The molecule has 94 valence electrons. The number of hydrogen-bond donors (Lipinski definition) is 1. The topological polar surface area (TPSA) is 77.7 Å². The molecule has 6 nitrogen and oxygen atoms in total. The molecule has 1 aromatic rings. The van der Waals surface area contributed by atoms with Crippen LogP contribution in [0.25, 0.3) is 0 Å². The Hall–Kier alpha value is -1.18. The lowest BCUT2D eigenvalue weighted by molar-refractivity contribution is -0.153. The summed E-state index contributed by atoms with van der Waals surface area (Å²) in [5, 5.41) is 0.544. The van der Waals surface area contributed by atoms with Gasteiger partial charge in [0.25, 0.3) is 0 Å². The maximum absolute atomic E-state index is 11.6. The zero-order valence-corrected chi connectivity index (χ0v) is 10.4. The van der Waals surface area contributed by atoms with Crippen molar-refractivity contribution >= 4 is 22.4 Å². The number of nitrogens with zero attached hydrogens (tertiary/aromatic N) is 2. The van der Waals surface area contributed by atoms with Crippen LogP contribution in [-0.2, 0) is 20.8 Å². The second-order valence-corrected chi connectivity index (χ2v) is 4.90. The molecule has 1 saturated heterocycles. The van der Waals surface area contributed by atoms with E-state index in [1.807, 2.05) is 4.90 Å². The quantitative estimate of drug-likeness (QED) is 0.774. The number of rotatable bonds is 3. The van der Waals surface area contributed by atoms with Crippen LogP contribution in [0.2, 0.25) is 0 Å². The van der Waals surface area contributed by atoms with Crippen molar-refractivity contribution in [3.05, 3.63) is 11.1 Å². The number of esters is 1. The van der Waals surface area contributed by atoms with Crippen LogP contribution in [0.5, 0.6) is 0 Å². The number of thiazole rings is 1. The summed E-state index contributed by atoms with van der Waals surface area (Å²) < 4.78 is 10.1. The number of hydrogen-bond acceptors (Lipinski definition) is 7. The van der Waals surface area contributed by atoms with Gasteiger partial charge in [0, 0.05) is 24.2 Å². The summed E-state index contributed by atoms with van der Waals surface area (Å²) in [5.74, 6) is -0.262. The minimum atomic E-state index is -0.336. The molecule has 0 spiro atoms. The molecular weight excluding hydrogens is 242 g/mol. The normalized spacial score (nSPS) is 21.4. The smallest absolute Gasteiger partial charge is 0.325 e. The summed E-state index contributed by atoms with van der Waals surface area (Å²) in [6.07, 6.45) is 1.74. The molecule has 0 aliphatic carbocycles. The molecule has 1 fully saturated rings. The predicted molar refractivity (Wildman–Crippen MR) is 63.6 cm³/mol. The first-order valence-corrected chi connectivity index (χ1v) is 6.12. The van der Waals surface area contributed by atoms with Crippen molar-refractivity contribution in [1.29, 1.82) is 0 Å². The van der Waals surface area contributed by atoms with Crippen LogP contribution >= 0.6 is 11.3 Å². The number of ether oxygens (including phenoxy) is 2. The fraction of sp³-hybridized carbons (Fsp3) is 0.600. The van der Waals surface area contributed by atoms with E-state index in [1.54, 1.807) is 6.20 Å². The van der Waals surface area contributed by atoms with Crippen LogP contribution in [-0.4, -0.2) is 48.8 Å². The average molecular weight is 257 g/mol. The fourth-order valence-electron chi connectivity index (χ4n) is 1.78.